The third-order valence-corrected chi connectivity index (χ3v) is 6.28. The van der Waals surface area contributed by atoms with Gasteiger partial charge in [-0.2, -0.15) is 5.10 Å². The number of amides is 1. The smallest absolute Gasteiger partial charge is 0.226 e. The number of ketones is 1. The first-order valence-corrected chi connectivity index (χ1v) is 10.3. The lowest BCUT2D eigenvalue weighted by Crippen LogP contribution is -2.28. The van der Waals surface area contributed by atoms with Gasteiger partial charge in [-0.05, 0) is 51.0 Å². The Morgan fingerprint density at radius 3 is 2.57 bits per heavy atom. The first-order valence-electron chi connectivity index (χ1n) is 9.49. The number of thiophene rings is 1. The van der Waals surface area contributed by atoms with E-state index in [1.807, 2.05) is 39.0 Å². The molecule has 0 saturated carbocycles. The van der Waals surface area contributed by atoms with Crippen molar-refractivity contribution >= 4 is 28.8 Å². The zero-order chi connectivity index (χ0) is 20.0. The quantitative estimate of drug-likeness (QED) is 0.652. The van der Waals surface area contributed by atoms with Crippen molar-refractivity contribution in [3.05, 3.63) is 62.5 Å². The molecule has 0 saturated heterocycles. The van der Waals surface area contributed by atoms with Crippen molar-refractivity contribution in [3.8, 4) is 5.69 Å². The molecule has 2 aromatic heterocycles. The highest BCUT2D eigenvalue weighted by molar-refractivity contribution is 7.12. The van der Waals surface area contributed by atoms with Crippen molar-refractivity contribution in [2.45, 2.75) is 46.5 Å². The van der Waals surface area contributed by atoms with Crippen LogP contribution in [-0.4, -0.2) is 21.5 Å². The van der Waals surface area contributed by atoms with Crippen molar-refractivity contribution in [3.63, 3.8) is 0 Å². The molecule has 6 heteroatoms. The summed E-state index contributed by atoms with van der Waals surface area (Å²) in [5.41, 5.74) is 4.43. The van der Waals surface area contributed by atoms with E-state index in [0.717, 1.165) is 33.1 Å². The molecule has 1 N–H and O–H groups in total. The van der Waals surface area contributed by atoms with E-state index in [1.54, 1.807) is 16.0 Å². The highest BCUT2D eigenvalue weighted by Crippen LogP contribution is 2.39. The standard InChI is InChI=1S/C22H23N3O2S/c1-5-15-6-8-16(9-7-15)25-22-20(13(3)24-25)18(11-19(26)23-22)21(27)17-10-12(2)28-14(17)4/h6-10,18H,5,11H2,1-4H3,(H,23,26). The molecule has 1 amide bonds. The van der Waals surface area contributed by atoms with Gasteiger partial charge in [0.2, 0.25) is 5.91 Å². The molecule has 144 valence electrons. The van der Waals surface area contributed by atoms with Gasteiger partial charge in [0.1, 0.15) is 5.82 Å². The molecule has 5 nitrogen and oxygen atoms in total. The molecule has 1 aromatic carbocycles. The number of hydrogen-bond donors (Lipinski definition) is 1. The number of carbonyl (C=O) groups excluding carboxylic acids is 2. The summed E-state index contributed by atoms with van der Waals surface area (Å²) in [5, 5.41) is 7.60. The van der Waals surface area contributed by atoms with Crippen LogP contribution in [0.2, 0.25) is 0 Å². The summed E-state index contributed by atoms with van der Waals surface area (Å²) in [4.78, 5) is 27.9. The summed E-state index contributed by atoms with van der Waals surface area (Å²) in [5.74, 6) is -0.0372. The summed E-state index contributed by atoms with van der Waals surface area (Å²) in [6, 6.07) is 10.0. The van der Waals surface area contributed by atoms with Crippen LogP contribution < -0.4 is 5.32 Å². The van der Waals surface area contributed by atoms with Gasteiger partial charge >= 0.3 is 0 Å². The third kappa shape index (κ3) is 3.07. The van der Waals surface area contributed by atoms with Crippen LogP contribution in [0.3, 0.4) is 0 Å². The van der Waals surface area contributed by atoms with Crippen molar-refractivity contribution in [1.29, 1.82) is 0 Å². The molecule has 1 aliphatic heterocycles. The lowest BCUT2D eigenvalue weighted by Gasteiger charge is -2.23. The lowest BCUT2D eigenvalue weighted by molar-refractivity contribution is -0.116. The number of anilines is 1. The second kappa shape index (κ2) is 7.02. The van der Waals surface area contributed by atoms with Crippen molar-refractivity contribution < 1.29 is 9.59 Å². The second-order valence-corrected chi connectivity index (χ2v) is 8.74. The van der Waals surface area contributed by atoms with Crippen LogP contribution in [0, 0.1) is 20.8 Å². The Labute approximate surface area is 168 Å². The molecular weight excluding hydrogens is 370 g/mol. The van der Waals surface area contributed by atoms with E-state index in [-0.39, 0.29) is 18.1 Å². The fraction of sp³-hybridized carbons (Fsp3) is 0.318. The molecule has 0 aliphatic carbocycles. The Bertz CT molecular complexity index is 1080. The normalized spacial score (nSPS) is 16.0. The van der Waals surface area contributed by atoms with Crippen LogP contribution in [0.1, 0.15) is 56.2 Å². The van der Waals surface area contributed by atoms with Gasteiger partial charge in [0.25, 0.3) is 0 Å². The second-order valence-electron chi connectivity index (χ2n) is 7.28. The van der Waals surface area contributed by atoms with Crippen molar-refractivity contribution in [2.24, 2.45) is 0 Å². The Morgan fingerprint density at radius 2 is 1.96 bits per heavy atom. The minimum atomic E-state index is -0.500. The average molecular weight is 394 g/mol. The maximum atomic E-state index is 13.3. The topological polar surface area (TPSA) is 64.0 Å². The monoisotopic (exact) mass is 393 g/mol. The maximum absolute atomic E-state index is 13.3. The number of nitrogens with one attached hydrogen (secondary N) is 1. The zero-order valence-electron chi connectivity index (χ0n) is 16.5. The molecule has 1 aliphatic rings. The van der Waals surface area contributed by atoms with E-state index < -0.39 is 5.92 Å². The molecule has 28 heavy (non-hydrogen) atoms. The molecule has 0 fully saturated rings. The Hall–Kier alpha value is -2.73. The Balaban J connectivity index is 1.80. The summed E-state index contributed by atoms with van der Waals surface area (Å²) >= 11 is 1.61. The van der Waals surface area contributed by atoms with E-state index in [1.165, 1.54) is 5.56 Å². The van der Waals surface area contributed by atoms with E-state index in [0.29, 0.717) is 11.4 Å². The summed E-state index contributed by atoms with van der Waals surface area (Å²) in [6.07, 6.45) is 1.12. The van der Waals surface area contributed by atoms with Gasteiger partial charge < -0.3 is 5.32 Å². The van der Waals surface area contributed by atoms with Gasteiger partial charge in [-0.1, -0.05) is 19.1 Å². The Kier molecular flexibility index (Phi) is 4.67. The molecule has 0 radical (unpaired) electrons. The minimum absolute atomic E-state index is 0.00179. The predicted octanol–water partition coefficient (Wildman–Crippen LogP) is 4.73. The van der Waals surface area contributed by atoms with E-state index in [4.69, 9.17) is 0 Å². The van der Waals surface area contributed by atoms with Crippen molar-refractivity contribution in [2.75, 3.05) is 5.32 Å². The fourth-order valence-electron chi connectivity index (χ4n) is 3.89. The zero-order valence-corrected chi connectivity index (χ0v) is 17.3. The third-order valence-electron chi connectivity index (χ3n) is 5.31. The van der Waals surface area contributed by atoms with Gasteiger partial charge in [-0.15, -0.1) is 11.3 Å². The minimum Gasteiger partial charge on any atom is -0.310 e. The van der Waals surface area contributed by atoms with Crippen LogP contribution in [-0.2, 0) is 11.2 Å². The maximum Gasteiger partial charge on any atom is 0.226 e. The summed E-state index contributed by atoms with van der Waals surface area (Å²) in [7, 11) is 0. The molecule has 3 heterocycles. The Morgan fingerprint density at radius 1 is 1.25 bits per heavy atom. The average Bonchev–Trinajstić information content (AvgIpc) is 3.19. The lowest BCUT2D eigenvalue weighted by atomic mass is 9.85. The number of carbonyl (C=O) groups is 2. The largest absolute Gasteiger partial charge is 0.310 e. The molecule has 1 atom stereocenters. The highest BCUT2D eigenvalue weighted by Gasteiger charge is 2.37. The number of nitrogens with zero attached hydrogens (tertiary/aromatic N) is 2. The van der Waals surface area contributed by atoms with Gasteiger partial charge in [-0.3, -0.25) is 9.59 Å². The predicted molar refractivity (Wildman–Crippen MR) is 112 cm³/mol. The molecule has 4 rings (SSSR count). The molecular formula is C22H23N3O2S. The SMILES string of the molecule is CCc1ccc(-n2nc(C)c3c2NC(=O)CC3C(=O)c2cc(C)sc2C)cc1. The van der Waals surface area contributed by atoms with E-state index >= 15 is 0 Å². The molecule has 3 aromatic rings. The number of fused-ring (bicyclic) bond motifs is 1. The van der Waals surface area contributed by atoms with Crippen LogP contribution in [0.5, 0.6) is 0 Å². The van der Waals surface area contributed by atoms with Gasteiger partial charge in [0.15, 0.2) is 5.78 Å². The molecule has 1 unspecified atom stereocenters. The number of hydrogen-bond acceptors (Lipinski definition) is 4. The highest BCUT2D eigenvalue weighted by atomic mass is 32.1. The summed E-state index contributed by atoms with van der Waals surface area (Å²) in [6.45, 7) is 7.97. The first kappa shape index (κ1) is 18.6. The number of Topliss-reactive ketones (excluding diaryl/α,β-unsaturated/α-hetero) is 1. The van der Waals surface area contributed by atoms with E-state index in [9.17, 15) is 9.59 Å². The van der Waals surface area contributed by atoms with E-state index in [2.05, 4.69) is 29.5 Å². The summed E-state index contributed by atoms with van der Waals surface area (Å²) < 4.78 is 1.74. The van der Waals surface area contributed by atoms with Crippen LogP contribution in [0.25, 0.3) is 5.69 Å². The van der Waals surface area contributed by atoms with Crippen LogP contribution in [0.4, 0.5) is 5.82 Å². The van der Waals surface area contributed by atoms with Gasteiger partial charge in [0, 0.05) is 27.3 Å². The number of aromatic nitrogens is 2. The van der Waals surface area contributed by atoms with Gasteiger partial charge in [-0.25, -0.2) is 4.68 Å². The van der Waals surface area contributed by atoms with Gasteiger partial charge in [0.05, 0.1) is 17.3 Å². The fourth-order valence-corrected chi connectivity index (χ4v) is 4.82. The van der Waals surface area contributed by atoms with Crippen LogP contribution >= 0.6 is 11.3 Å². The first-order chi connectivity index (χ1) is 13.4. The number of rotatable bonds is 4. The molecule has 0 spiro atoms. The van der Waals surface area contributed by atoms with Crippen molar-refractivity contribution in [1.82, 2.24) is 9.78 Å². The molecule has 0 bridgehead atoms. The van der Waals surface area contributed by atoms with Crippen LogP contribution in [0.15, 0.2) is 30.3 Å². The number of aryl methyl sites for hydroxylation is 4. The number of benzene rings is 1.